The zero-order valence-electron chi connectivity index (χ0n) is 13.1. The lowest BCUT2D eigenvalue weighted by atomic mass is 9.74. The van der Waals surface area contributed by atoms with E-state index in [9.17, 15) is 4.79 Å². The minimum Gasteiger partial charge on any atom is -0.361 e. The smallest absolute Gasteiger partial charge is 0.262 e. The zero-order chi connectivity index (χ0) is 15.8. The van der Waals surface area contributed by atoms with Crippen LogP contribution in [-0.4, -0.2) is 54.6 Å². The Morgan fingerprint density at radius 3 is 2.71 bits per heavy atom. The average molecular weight is 293 g/mol. The van der Waals surface area contributed by atoms with Crippen molar-refractivity contribution in [1.29, 1.82) is 0 Å². The minimum absolute atomic E-state index is 0.114. The van der Waals surface area contributed by atoms with E-state index in [0.717, 1.165) is 0 Å². The van der Waals surface area contributed by atoms with Crippen LogP contribution in [0.2, 0.25) is 0 Å². The standard InChI is InChI=1S/C16H23NO4/c1-7-9-17-13(12-10-20-15(4,5)21-12)16(19-6,14(17)18)11(3)8-2/h7,12-13H,1-2,9-10H2,3-6H3/t12-,13+,16-/m1/s1. The van der Waals surface area contributed by atoms with E-state index in [4.69, 9.17) is 14.2 Å². The number of hydrogen-bond donors (Lipinski definition) is 0. The number of likely N-dealkylation sites (tertiary alicyclic amines) is 1. The fourth-order valence-electron chi connectivity index (χ4n) is 3.16. The van der Waals surface area contributed by atoms with E-state index >= 15 is 0 Å². The van der Waals surface area contributed by atoms with Crippen molar-refractivity contribution in [1.82, 2.24) is 4.90 Å². The molecule has 3 atom stereocenters. The Bertz CT molecular complexity index is 506. The second-order valence-corrected chi connectivity index (χ2v) is 5.80. The molecule has 1 amide bonds. The van der Waals surface area contributed by atoms with Gasteiger partial charge in [0.15, 0.2) is 11.4 Å². The molecule has 0 saturated carbocycles. The molecule has 0 aliphatic carbocycles. The molecule has 0 unspecified atom stereocenters. The van der Waals surface area contributed by atoms with Crippen LogP contribution in [0.25, 0.3) is 0 Å². The highest BCUT2D eigenvalue weighted by atomic mass is 16.7. The van der Waals surface area contributed by atoms with Crippen LogP contribution >= 0.6 is 0 Å². The van der Waals surface area contributed by atoms with Gasteiger partial charge in [0.1, 0.15) is 12.1 Å². The molecule has 0 N–H and O–H groups in total. The van der Waals surface area contributed by atoms with Gasteiger partial charge in [0.2, 0.25) is 0 Å². The van der Waals surface area contributed by atoms with Gasteiger partial charge in [0.25, 0.3) is 5.91 Å². The molecule has 0 bridgehead atoms. The molecule has 2 aliphatic heterocycles. The predicted octanol–water partition coefficient (Wildman–Crippen LogP) is 1.65. The van der Waals surface area contributed by atoms with E-state index in [1.54, 1.807) is 17.9 Å². The van der Waals surface area contributed by atoms with Crippen LogP contribution in [-0.2, 0) is 19.0 Å². The maximum atomic E-state index is 12.6. The van der Waals surface area contributed by atoms with Gasteiger partial charge in [-0.05, 0) is 20.8 Å². The van der Waals surface area contributed by atoms with Crippen LogP contribution in [0.5, 0.6) is 0 Å². The first-order valence-electron chi connectivity index (χ1n) is 7.00. The Labute approximate surface area is 125 Å². The summed E-state index contributed by atoms with van der Waals surface area (Å²) in [5, 5.41) is 0. The zero-order valence-corrected chi connectivity index (χ0v) is 13.1. The number of ether oxygens (including phenoxy) is 3. The van der Waals surface area contributed by atoms with Crippen molar-refractivity contribution in [2.24, 2.45) is 0 Å². The largest absolute Gasteiger partial charge is 0.361 e. The second kappa shape index (κ2) is 5.43. The molecular weight excluding hydrogens is 270 g/mol. The van der Waals surface area contributed by atoms with Gasteiger partial charge >= 0.3 is 0 Å². The number of rotatable bonds is 5. The van der Waals surface area contributed by atoms with Crippen LogP contribution in [0.1, 0.15) is 20.8 Å². The summed E-state index contributed by atoms with van der Waals surface area (Å²) in [5.41, 5.74) is 2.39. The van der Waals surface area contributed by atoms with Crippen LogP contribution in [0.3, 0.4) is 0 Å². The normalized spacial score (nSPS) is 34.3. The van der Waals surface area contributed by atoms with Gasteiger partial charge in [0.05, 0.1) is 6.61 Å². The van der Waals surface area contributed by atoms with Crippen LogP contribution in [0.15, 0.2) is 30.5 Å². The predicted molar refractivity (Wildman–Crippen MR) is 78.7 cm³/mol. The number of amides is 1. The van der Waals surface area contributed by atoms with Crippen LogP contribution < -0.4 is 0 Å². The summed E-state index contributed by atoms with van der Waals surface area (Å²) in [7, 11) is 1.53. The number of β-lactam (4-membered cyclic amide) rings is 1. The van der Waals surface area contributed by atoms with E-state index in [1.165, 1.54) is 7.11 Å². The quantitative estimate of drug-likeness (QED) is 0.439. The van der Waals surface area contributed by atoms with Crippen LogP contribution in [0.4, 0.5) is 0 Å². The summed E-state index contributed by atoms with van der Waals surface area (Å²) in [6.45, 7) is 13.7. The third kappa shape index (κ3) is 2.27. The first kappa shape index (κ1) is 16.0. The molecule has 2 saturated heterocycles. The molecule has 2 rings (SSSR count). The topological polar surface area (TPSA) is 48.0 Å². The molecule has 0 aromatic carbocycles. The Kier molecular flexibility index (Phi) is 4.13. The lowest BCUT2D eigenvalue weighted by Gasteiger charge is -2.56. The van der Waals surface area contributed by atoms with Crippen molar-refractivity contribution in [3.8, 4) is 0 Å². The number of nitrogens with zero attached hydrogens (tertiary/aromatic N) is 1. The summed E-state index contributed by atoms with van der Waals surface area (Å²) in [5.74, 6) is -0.772. The van der Waals surface area contributed by atoms with Gasteiger partial charge in [-0.25, -0.2) is 0 Å². The first-order valence-corrected chi connectivity index (χ1v) is 7.00. The highest BCUT2D eigenvalue weighted by Crippen LogP contribution is 2.44. The highest BCUT2D eigenvalue weighted by Gasteiger charge is 2.66. The minimum atomic E-state index is -1.07. The summed E-state index contributed by atoms with van der Waals surface area (Å²) in [4.78, 5) is 14.3. The first-order chi connectivity index (χ1) is 9.84. The van der Waals surface area contributed by atoms with E-state index in [0.29, 0.717) is 18.7 Å². The molecule has 0 spiro atoms. The van der Waals surface area contributed by atoms with Crippen molar-refractivity contribution in [2.75, 3.05) is 20.3 Å². The summed E-state index contributed by atoms with van der Waals surface area (Å²) in [6, 6.07) is -0.274. The highest BCUT2D eigenvalue weighted by molar-refractivity contribution is 5.96. The third-order valence-corrected chi connectivity index (χ3v) is 4.18. The SMILES string of the molecule is C=C=C(C)[C@]1(OC)C(=O)N(CC=C)[C@H]1[C@H]1COC(C)(C)O1. The van der Waals surface area contributed by atoms with Crippen molar-refractivity contribution in [2.45, 2.75) is 44.3 Å². The van der Waals surface area contributed by atoms with E-state index in [-0.39, 0.29) is 18.1 Å². The Morgan fingerprint density at radius 2 is 2.29 bits per heavy atom. The molecule has 0 aromatic heterocycles. The van der Waals surface area contributed by atoms with Gasteiger partial charge in [0, 0.05) is 19.2 Å². The van der Waals surface area contributed by atoms with Crippen LogP contribution in [0, 0.1) is 0 Å². The number of hydrogen-bond acceptors (Lipinski definition) is 4. The van der Waals surface area contributed by atoms with E-state index in [2.05, 4.69) is 18.9 Å². The van der Waals surface area contributed by atoms with Gasteiger partial charge < -0.3 is 19.1 Å². The van der Waals surface area contributed by atoms with Gasteiger partial charge in [-0.3, -0.25) is 4.79 Å². The van der Waals surface area contributed by atoms with Gasteiger partial charge in [-0.1, -0.05) is 12.7 Å². The fraction of sp³-hybridized carbons (Fsp3) is 0.625. The van der Waals surface area contributed by atoms with E-state index in [1.807, 2.05) is 13.8 Å². The lowest BCUT2D eigenvalue weighted by Crippen LogP contribution is -2.78. The molecule has 2 heterocycles. The maximum absolute atomic E-state index is 12.6. The molecule has 2 aliphatic rings. The monoisotopic (exact) mass is 293 g/mol. The van der Waals surface area contributed by atoms with Crippen molar-refractivity contribution < 1.29 is 19.0 Å². The summed E-state index contributed by atoms with van der Waals surface area (Å²) >= 11 is 0. The van der Waals surface area contributed by atoms with E-state index < -0.39 is 11.4 Å². The lowest BCUT2D eigenvalue weighted by molar-refractivity contribution is -0.211. The average Bonchev–Trinajstić information content (AvgIpc) is 2.80. The Morgan fingerprint density at radius 1 is 1.62 bits per heavy atom. The Hall–Kier alpha value is -1.39. The molecule has 5 heteroatoms. The fourth-order valence-corrected chi connectivity index (χ4v) is 3.16. The molecule has 5 nitrogen and oxygen atoms in total. The maximum Gasteiger partial charge on any atom is 0.262 e. The number of methoxy groups -OCH3 is 1. The number of carbonyl (C=O) groups is 1. The third-order valence-electron chi connectivity index (χ3n) is 4.18. The summed E-state index contributed by atoms with van der Waals surface area (Å²) in [6.07, 6.45) is 1.43. The molecule has 0 aromatic rings. The summed E-state index contributed by atoms with van der Waals surface area (Å²) < 4.78 is 17.2. The second-order valence-electron chi connectivity index (χ2n) is 5.80. The molecule has 116 valence electrons. The van der Waals surface area contributed by atoms with Crippen molar-refractivity contribution in [3.63, 3.8) is 0 Å². The molecule has 21 heavy (non-hydrogen) atoms. The molecular formula is C16H23NO4. The molecule has 2 fully saturated rings. The Balaban J connectivity index is 2.38. The van der Waals surface area contributed by atoms with Gasteiger partial charge in [-0.15, -0.1) is 12.3 Å². The number of carbonyl (C=O) groups excluding carboxylic acids is 1. The van der Waals surface area contributed by atoms with Gasteiger partial charge in [-0.2, -0.15) is 0 Å². The molecule has 0 radical (unpaired) electrons. The van der Waals surface area contributed by atoms with Crippen molar-refractivity contribution >= 4 is 5.91 Å². The van der Waals surface area contributed by atoms with Crippen molar-refractivity contribution in [3.05, 3.63) is 30.5 Å².